The summed E-state index contributed by atoms with van der Waals surface area (Å²) in [5, 5.41) is 11.2. The third-order valence-electron chi connectivity index (χ3n) is 5.67. The summed E-state index contributed by atoms with van der Waals surface area (Å²) in [5.74, 6) is 0.539. The zero-order chi connectivity index (χ0) is 20.8. The van der Waals surface area contributed by atoms with Crippen LogP contribution in [0.25, 0.3) is 0 Å². The molecule has 0 radical (unpaired) electrons. The highest BCUT2D eigenvalue weighted by Crippen LogP contribution is 2.42. The molecule has 1 spiro atoms. The summed E-state index contributed by atoms with van der Waals surface area (Å²) in [5.41, 5.74) is 1.37. The second kappa shape index (κ2) is 7.29. The Bertz CT molecular complexity index is 911. The Hall–Kier alpha value is -2.68. The maximum absolute atomic E-state index is 12.8. The molecule has 2 aromatic heterocycles. The van der Waals surface area contributed by atoms with Crippen LogP contribution in [-0.4, -0.2) is 75.3 Å². The van der Waals surface area contributed by atoms with Gasteiger partial charge in [0.25, 0.3) is 5.91 Å². The van der Waals surface area contributed by atoms with E-state index in [1.165, 1.54) is 0 Å². The molecule has 0 aliphatic carbocycles. The van der Waals surface area contributed by atoms with Gasteiger partial charge in [-0.2, -0.15) is 5.10 Å². The smallest absolute Gasteiger partial charge is 0.276 e. The minimum absolute atomic E-state index is 0.0114. The monoisotopic (exact) mass is 400 g/mol. The second-order valence-electron chi connectivity index (χ2n) is 8.85. The molecule has 2 aromatic rings. The number of aromatic nitrogens is 3. The average molecular weight is 400 g/mol. The number of rotatable bonds is 5. The normalized spacial score (nSPS) is 21.0. The summed E-state index contributed by atoms with van der Waals surface area (Å²) < 4.78 is 7.07. The Morgan fingerprint density at radius 2 is 2.10 bits per heavy atom. The van der Waals surface area contributed by atoms with Gasteiger partial charge in [-0.25, -0.2) is 0 Å². The van der Waals surface area contributed by atoms with Crippen LogP contribution in [0.1, 0.15) is 42.1 Å². The van der Waals surface area contributed by atoms with Gasteiger partial charge in [0.2, 0.25) is 5.91 Å². The van der Waals surface area contributed by atoms with Crippen LogP contribution in [0.15, 0.2) is 23.0 Å². The molecule has 4 rings (SSSR count). The lowest BCUT2D eigenvalue weighted by atomic mass is 9.77. The average Bonchev–Trinajstić information content (AvgIpc) is 3.32. The van der Waals surface area contributed by atoms with Gasteiger partial charge < -0.3 is 14.7 Å². The first-order chi connectivity index (χ1) is 13.7. The predicted molar refractivity (Wildman–Crippen MR) is 105 cm³/mol. The Morgan fingerprint density at radius 3 is 2.76 bits per heavy atom. The summed E-state index contributed by atoms with van der Waals surface area (Å²) >= 11 is 0. The minimum atomic E-state index is -0.133. The van der Waals surface area contributed by atoms with Gasteiger partial charge in [-0.3, -0.25) is 19.2 Å². The zero-order valence-corrected chi connectivity index (χ0v) is 17.4. The van der Waals surface area contributed by atoms with Crippen molar-refractivity contribution in [1.82, 2.24) is 30.1 Å². The quantitative estimate of drug-likeness (QED) is 0.801. The summed E-state index contributed by atoms with van der Waals surface area (Å²) in [4.78, 5) is 29.1. The van der Waals surface area contributed by atoms with Gasteiger partial charge in [-0.15, -0.1) is 0 Å². The van der Waals surface area contributed by atoms with Gasteiger partial charge in [0.15, 0.2) is 11.5 Å². The van der Waals surface area contributed by atoms with Crippen molar-refractivity contribution >= 4 is 11.8 Å². The number of likely N-dealkylation sites (tertiary alicyclic amines) is 2. The van der Waals surface area contributed by atoms with Crippen LogP contribution in [0, 0.1) is 12.3 Å². The molecule has 2 saturated heterocycles. The van der Waals surface area contributed by atoms with Crippen molar-refractivity contribution in [3.05, 3.63) is 35.5 Å². The first-order valence-corrected chi connectivity index (χ1v) is 9.99. The van der Waals surface area contributed by atoms with Crippen LogP contribution < -0.4 is 5.32 Å². The van der Waals surface area contributed by atoms with E-state index in [-0.39, 0.29) is 29.3 Å². The van der Waals surface area contributed by atoms with E-state index in [9.17, 15) is 9.59 Å². The third kappa shape index (κ3) is 3.91. The summed E-state index contributed by atoms with van der Waals surface area (Å²) in [6, 6.07) is 1.68. The van der Waals surface area contributed by atoms with E-state index in [1.54, 1.807) is 21.8 Å². The maximum atomic E-state index is 12.8. The molecule has 1 atom stereocenters. The summed E-state index contributed by atoms with van der Waals surface area (Å²) in [6.45, 7) is 8.43. The zero-order valence-electron chi connectivity index (χ0n) is 17.4. The molecule has 1 N–H and O–H groups in total. The molecule has 0 aromatic carbocycles. The fraction of sp³-hybridized carbons (Fsp3) is 0.600. The fourth-order valence-corrected chi connectivity index (χ4v) is 4.44. The molecular formula is C20H28N6O3. The highest BCUT2D eigenvalue weighted by Gasteiger charge is 2.53. The number of amides is 2. The van der Waals surface area contributed by atoms with E-state index in [2.05, 4.69) is 20.5 Å². The Kier molecular flexibility index (Phi) is 4.94. The largest absolute Gasteiger partial charge is 0.359 e. The van der Waals surface area contributed by atoms with E-state index < -0.39 is 0 Å². The number of hydrogen-bond donors (Lipinski definition) is 1. The summed E-state index contributed by atoms with van der Waals surface area (Å²) in [7, 11) is 1.98. The number of aryl methyl sites for hydroxylation is 1. The van der Waals surface area contributed by atoms with E-state index in [1.807, 2.05) is 34.0 Å². The van der Waals surface area contributed by atoms with Gasteiger partial charge in [0, 0.05) is 43.4 Å². The van der Waals surface area contributed by atoms with Gasteiger partial charge in [0.1, 0.15) is 6.54 Å². The van der Waals surface area contributed by atoms with Crippen molar-refractivity contribution in [3.8, 4) is 0 Å². The molecule has 156 valence electrons. The van der Waals surface area contributed by atoms with Gasteiger partial charge in [0.05, 0.1) is 12.2 Å². The van der Waals surface area contributed by atoms with E-state index in [4.69, 9.17) is 4.52 Å². The van der Waals surface area contributed by atoms with Crippen LogP contribution >= 0.6 is 0 Å². The fourth-order valence-electron chi connectivity index (χ4n) is 4.44. The first-order valence-electron chi connectivity index (χ1n) is 9.99. The highest BCUT2D eigenvalue weighted by molar-refractivity contribution is 5.93. The molecule has 9 heteroatoms. The molecule has 29 heavy (non-hydrogen) atoms. The maximum Gasteiger partial charge on any atom is 0.276 e. The topological polar surface area (TPSA) is 96.5 Å². The molecular weight excluding hydrogens is 372 g/mol. The summed E-state index contributed by atoms with van der Waals surface area (Å²) in [6.07, 6.45) is 4.45. The lowest BCUT2D eigenvalue weighted by molar-refractivity contribution is -0.125. The van der Waals surface area contributed by atoms with Crippen molar-refractivity contribution in [2.45, 2.75) is 45.8 Å². The van der Waals surface area contributed by atoms with Gasteiger partial charge in [-0.05, 0) is 39.8 Å². The molecule has 2 aliphatic rings. The van der Waals surface area contributed by atoms with Crippen molar-refractivity contribution < 1.29 is 14.1 Å². The van der Waals surface area contributed by atoms with Crippen molar-refractivity contribution in [1.29, 1.82) is 0 Å². The van der Waals surface area contributed by atoms with E-state index in [0.29, 0.717) is 31.1 Å². The number of nitrogens with zero attached hydrogens (tertiary/aromatic N) is 5. The minimum Gasteiger partial charge on any atom is -0.359 e. The van der Waals surface area contributed by atoms with Crippen LogP contribution in [0.2, 0.25) is 0 Å². The number of likely N-dealkylation sites (N-methyl/N-ethyl adjacent to an activating group) is 1. The van der Waals surface area contributed by atoms with Crippen LogP contribution in [0.3, 0.4) is 0 Å². The Labute approximate surface area is 170 Å². The van der Waals surface area contributed by atoms with Gasteiger partial charge >= 0.3 is 0 Å². The van der Waals surface area contributed by atoms with E-state index >= 15 is 0 Å². The number of carbonyl (C=O) groups excluding carboxylic acids is 2. The molecule has 2 amide bonds. The Morgan fingerprint density at radius 1 is 1.34 bits per heavy atom. The third-order valence-corrected chi connectivity index (χ3v) is 5.67. The number of carbonyl (C=O) groups is 2. The SMILES string of the molecule is Cc1cnn(Cc2cc(C(=O)N3CC4(C[C@@H](C(=O)NC(C)C)N(C)C4)C3)no2)c1. The van der Waals surface area contributed by atoms with Crippen LogP contribution in [0.5, 0.6) is 0 Å². The van der Waals surface area contributed by atoms with Crippen molar-refractivity contribution in [2.75, 3.05) is 26.7 Å². The predicted octanol–water partition coefficient (Wildman–Crippen LogP) is 0.899. The molecule has 0 bridgehead atoms. The van der Waals surface area contributed by atoms with Crippen LogP contribution in [-0.2, 0) is 11.3 Å². The van der Waals surface area contributed by atoms with E-state index in [0.717, 1.165) is 18.5 Å². The molecule has 9 nitrogen and oxygen atoms in total. The number of nitrogens with one attached hydrogen (secondary N) is 1. The highest BCUT2D eigenvalue weighted by atomic mass is 16.5. The Balaban J connectivity index is 1.34. The first kappa shape index (κ1) is 19.6. The molecule has 0 unspecified atom stereocenters. The second-order valence-corrected chi connectivity index (χ2v) is 8.85. The lowest BCUT2D eigenvalue weighted by Gasteiger charge is -2.47. The number of hydrogen-bond acceptors (Lipinski definition) is 6. The van der Waals surface area contributed by atoms with Crippen molar-refractivity contribution in [2.24, 2.45) is 5.41 Å². The van der Waals surface area contributed by atoms with Gasteiger partial charge in [-0.1, -0.05) is 5.16 Å². The standard InChI is InChI=1S/C20H28N6O3/c1-13(2)22-18(27)17-6-20(10-24(17)4)11-25(12-20)19(28)16-5-15(29-23-16)9-26-8-14(3)7-21-26/h5,7-8,13,17H,6,9-12H2,1-4H3,(H,22,27)/t17-/m0/s1. The molecule has 2 fully saturated rings. The molecule has 0 saturated carbocycles. The van der Waals surface area contributed by atoms with Crippen molar-refractivity contribution in [3.63, 3.8) is 0 Å². The van der Waals surface area contributed by atoms with Crippen LogP contribution in [0.4, 0.5) is 0 Å². The molecule has 2 aliphatic heterocycles. The lowest BCUT2D eigenvalue weighted by Crippen LogP contribution is -2.59. The molecule has 4 heterocycles.